The fourth-order valence-electron chi connectivity index (χ4n) is 3.60. The van der Waals surface area contributed by atoms with Gasteiger partial charge in [0.2, 0.25) is 11.6 Å². The average Bonchev–Trinajstić information content (AvgIpc) is 3.31. The van der Waals surface area contributed by atoms with E-state index in [1.54, 1.807) is 11.6 Å². The van der Waals surface area contributed by atoms with Gasteiger partial charge in [0.05, 0.1) is 13.1 Å². The number of nitrogens with two attached hydrogens (primary N) is 3. The number of nitrogens with zero attached hydrogens (tertiary/aromatic N) is 5. The van der Waals surface area contributed by atoms with E-state index in [0.29, 0.717) is 22.3 Å². The molecule has 17 heteroatoms. The first-order chi connectivity index (χ1) is 18.1. The Hall–Kier alpha value is -4.01. The summed E-state index contributed by atoms with van der Waals surface area (Å²) in [6.07, 6.45) is 5.16. The molecule has 0 bridgehead atoms. The monoisotopic (exact) mass is 576 g/mol. The molecule has 2 atom stereocenters. The second kappa shape index (κ2) is 11.2. The van der Waals surface area contributed by atoms with Crippen molar-refractivity contribution >= 4 is 75.1 Å². The number of terminal acetylenes is 1. The minimum atomic E-state index is -1.25. The molecule has 1 fully saturated rings. The average molecular weight is 577 g/mol. The van der Waals surface area contributed by atoms with Crippen LogP contribution in [0.5, 0.6) is 0 Å². The summed E-state index contributed by atoms with van der Waals surface area (Å²) in [4.78, 5) is 52.6. The van der Waals surface area contributed by atoms with Crippen molar-refractivity contribution < 1.29 is 28.9 Å². The highest BCUT2D eigenvalue weighted by Gasteiger charge is 2.54. The van der Waals surface area contributed by atoms with E-state index >= 15 is 0 Å². The van der Waals surface area contributed by atoms with Crippen LogP contribution in [-0.4, -0.2) is 73.0 Å². The van der Waals surface area contributed by atoms with Crippen molar-refractivity contribution in [2.45, 2.75) is 16.6 Å². The van der Waals surface area contributed by atoms with Crippen LogP contribution in [-0.2, 0) is 26.3 Å². The van der Waals surface area contributed by atoms with Crippen molar-refractivity contribution in [3.05, 3.63) is 28.4 Å². The van der Waals surface area contributed by atoms with Crippen LogP contribution < -0.4 is 27.1 Å². The number of hydrogen-bond donors (Lipinski definition) is 5. The van der Waals surface area contributed by atoms with Gasteiger partial charge in [-0.3, -0.25) is 14.5 Å². The number of rotatable bonds is 9. The molecule has 0 aromatic carbocycles. The van der Waals surface area contributed by atoms with Gasteiger partial charge in [0, 0.05) is 16.9 Å². The zero-order chi connectivity index (χ0) is 27.6. The van der Waals surface area contributed by atoms with Crippen molar-refractivity contribution in [1.29, 1.82) is 0 Å². The Bertz CT molecular complexity index is 1420. The second-order valence-electron chi connectivity index (χ2n) is 7.84. The van der Waals surface area contributed by atoms with Gasteiger partial charge in [-0.2, -0.15) is 0 Å². The number of carboxylic acids is 1. The maximum absolute atomic E-state index is 13.0. The Labute approximate surface area is 228 Å². The molecular weight excluding hydrogens is 554 g/mol. The van der Waals surface area contributed by atoms with E-state index in [1.807, 2.05) is 0 Å². The minimum Gasteiger partial charge on any atom is -0.477 e. The van der Waals surface area contributed by atoms with Crippen LogP contribution in [0.3, 0.4) is 0 Å². The third-order valence-corrected chi connectivity index (χ3v) is 8.52. The highest BCUT2D eigenvalue weighted by atomic mass is 32.2. The van der Waals surface area contributed by atoms with E-state index in [4.69, 9.17) is 28.5 Å². The van der Waals surface area contributed by atoms with Gasteiger partial charge in [-0.05, 0) is 17.3 Å². The first-order valence-electron chi connectivity index (χ1n) is 10.7. The predicted molar refractivity (Wildman–Crippen MR) is 142 cm³/mol. The number of hydrogen-bond acceptors (Lipinski definition) is 13. The first-order valence-corrected chi connectivity index (χ1v) is 13.6. The molecule has 2 aromatic rings. The molecule has 2 aliphatic rings. The molecule has 14 nitrogen and oxygen atoms in total. The van der Waals surface area contributed by atoms with Gasteiger partial charge < -0.3 is 32.5 Å². The summed E-state index contributed by atoms with van der Waals surface area (Å²) in [5.41, 5.74) is 17.7. The molecule has 1 unspecified atom stereocenters. The van der Waals surface area contributed by atoms with Gasteiger partial charge in [0.25, 0.3) is 11.8 Å². The summed E-state index contributed by atoms with van der Waals surface area (Å²) in [6, 6.07) is 0.527. The molecule has 0 saturated carbocycles. The number of carbonyl (C=O) groups excluding carboxylic acids is 2. The number of nitrogen functional groups attached to an aromatic ring is 3. The Kier molecular flexibility index (Phi) is 7.94. The molecule has 2 aromatic heterocycles. The van der Waals surface area contributed by atoms with Crippen LogP contribution in [0, 0.1) is 12.3 Å². The zero-order valence-electron chi connectivity index (χ0n) is 19.8. The molecule has 4 heterocycles. The standard InChI is InChI=1S/C21H21N9O5S3/c1-3-4-35-28-13(10-8-37-20(24)25-10)16(31)27-14-17(32)30-15(19(33)34)9(6-36-18(14)30)7-38-21-26-11(22)5-12(23)29(21)2/h1,5,8,14,18H,4,6-7H2,2H3,(H7,22,23,24,25,27,31,33,34)/p+1/b28-13-/t14?,18-/m1/s1. The van der Waals surface area contributed by atoms with Crippen LogP contribution in [0.25, 0.3) is 0 Å². The molecule has 2 amide bonds. The molecule has 0 aliphatic carbocycles. The zero-order valence-corrected chi connectivity index (χ0v) is 22.2. The van der Waals surface area contributed by atoms with Gasteiger partial charge in [0.1, 0.15) is 22.8 Å². The largest absolute Gasteiger partial charge is 0.477 e. The van der Waals surface area contributed by atoms with Crippen molar-refractivity contribution in [3.8, 4) is 12.3 Å². The lowest BCUT2D eigenvalue weighted by Crippen LogP contribution is -2.71. The molecular formula is C21H22N9O5S3+. The highest BCUT2D eigenvalue weighted by molar-refractivity contribution is 8.01. The molecule has 0 radical (unpaired) electrons. The summed E-state index contributed by atoms with van der Waals surface area (Å²) in [6.45, 7) is -0.186. The van der Waals surface area contributed by atoms with Crippen molar-refractivity contribution in [2.24, 2.45) is 12.2 Å². The van der Waals surface area contributed by atoms with Crippen LogP contribution in [0.4, 0.5) is 16.8 Å². The maximum atomic E-state index is 13.0. The number of fused-ring (bicyclic) bond motifs is 1. The Morgan fingerprint density at radius 1 is 1.42 bits per heavy atom. The minimum absolute atomic E-state index is 0.130. The quantitative estimate of drug-likeness (QED) is 0.0355. The van der Waals surface area contributed by atoms with Crippen LogP contribution in [0.15, 0.2) is 33.0 Å². The van der Waals surface area contributed by atoms with Crippen molar-refractivity contribution in [1.82, 2.24) is 20.2 Å². The topological polar surface area (TPSA) is 216 Å². The third-order valence-electron chi connectivity index (χ3n) is 5.39. The summed E-state index contributed by atoms with van der Waals surface area (Å²) in [5.74, 6) is 0.835. The third kappa shape index (κ3) is 5.32. The fraction of sp³-hybridized carbons (Fsp3) is 0.286. The van der Waals surface area contributed by atoms with E-state index in [9.17, 15) is 19.5 Å². The smallest absolute Gasteiger partial charge is 0.352 e. The normalized spacial score (nSPS) is 18.9. The number of aliphatic carboxylic acids is 1. The van der Waals surface area contributed by atoms with Crippen molar-refractivity contribution in [3.63, 3.8) is 0 Å². The van der Waals surface area contributed by atoms with Crippen LogP contribution in [0.1, 0.15) is 5.69 Å². The number of carboxylic acid groups (broad SMARTS) is 1. The van der Waals surface area contributed by atoms with Gasteiger partial charge in [-0.1, -0.05) is 16.1 Å². The first kappa shape index (κ1) is 27.0. The summed E-state index contributed by atoms with van der Waals surface area (Å²) >= 11 is 3.66. The van der Waals surface area contributed by atoms with E-state index in [0.717, 1.165) is 11.3 Å². The number of thiazole rings is 1. The molecule has 4 rings (SSSR count). The summed E-state index contributed by atoms with van der Waals surface area (Å²) < 4.78 is 1.63. The second-order valence-corrected chi connectivity index (χ2v) is 10.8. The van der Waals surface area contributed by atoms with E-state index < -0.39 is 29.2 Å². The number of thioether (sulfide) groups is 2. The Morgan fingerprint density at radius 2 is 2.18 bits per heavy atom. The van der Waals surface area contributed by atoms with Crippen LogP contribution in [0.2, 0.25) is 0 Å². The molecule has 2 aliphatic heterocycles. The molecule has 38 heavy (non-hydrogen) atoms. The number of amides is 2. The number of anilines is 3. The SMILES string of the molecule is C#CCO/N=C(\C(=O)NC1C(=O)N2C(C(=O)O)=C(CSc3nc(N)cc(N)[n+]3C)CS[C@H]12)c1csc(N)n1. The number of β-lactam (4-membered cyclic amide) rings is 1. The summed E-state index contributed by atoms with van der Waals surface area (Å²) in [5, 5.41) is 17.9. The predicted octanol–water partition coefficient (Wildman–Crippen LogP) is -1.01. The lowest BCUT2D eigenvalue weighted by molar-refractivity contribution is -0.698. The number of aromatic nitrogens is 3. The van der Waals surface area contributed by atoms with E-state index in [-0.39, 0.29) is 40.4 Å². The van der Waals surface area contributed by atoms with E-state index in [2.05, 4.69) is 26.4 Å². The van der Waals surface area contributed by atoms with Gasteiger partial charge in [-0.15, -0.1) is 29.5 Å². The molecule has 0 spiro atoms. The lowest BCUT2D eigenvalue weighted by Gasteiger charge is -2.49. The number of nitrogens with one attached hydrogen (secondary N) is 1. The van der Waals surface area contributed by atoms with Gasteiger partial charge in [0.15, 0.2) is 17.5 Å². The molecule has 8 N–H and O–H groups in total. The molecule has 1 saturated heterocycles. The number of carbonyl (C=O) groups is 3. The lowest BCUT2D eigenvalue weighted by atomic mass is 10.0. The van der Waals surface area contributed by atoms with Crippen LogP contribution >= 0.6 is 34.9 Å². The van der Waals surface area contributed by atoms with E-state index in [1.165, 1.54) is 39.9 Å². The van der Waals surface area contributed by atoms with Crippen molar-refractivity contribution in [2.75, 3.05) is 35.3 Å². The maximum Gasteiger partial charge on any atom is 0.352 e. The van der Waals surface area contributed by atoms with Gasteiger partial charge >= 0.3 is 11.1 Å². The highest BCUT2D eigenvalue weighted by Crippen LogP contribution is 2.41. The number of oxime groups is 1. The fourth-order valence-corrected chi connectivity index (χ4v) is 6.63. The Balaban J connectivity index is 1.51. The molecule has 198 valence electrons. The summed E-state index contributed by atoms with van der Waals surface area (Å²) in [7, 11) is 1.71. The Morgan fingerprint density at radius 3 is 2.84 bits per heavy atom. The van der Waals surface area contributed by atoms with Gasteiger partial charge in [-0.25, -0.2) is 14.3 Å².